The molecule has 0 fully saturated rings. The molecular weight excluding hydrogens is 430 g/mol. The quantitative estimate of drug-likeness (QED) is 0.313. The van der Waals surface area contributed by atoms with Gasteiger partial charge in [0, 0.05) is 25.3 Å². The van der Waals surface area contributed by atoms with E-state index in [-0.39, 0.29) is 11.7 Å². The van der Waals surface area contributed by atoms with Gasteiger partial charge in [0.25, 0.3) is 0 Å². The van der Waals surface area contributed by atoms with E-state index in [4.69, 9.17) is 4.74 Å². The van der Waals surface area contributed by atoms with Crippen LogP contribution in [0.2, 0.25) is 0 Å². The Labute approximate surface area is 188 Å². The average Bonchev–Trinajstić information content (AvgIpc) is 3.24. The van der Waals surface area contributed by atoms with Crippen molar-refractivity contribution < 1.29 is 9.53 Å². The van der Waals surface area contributed by atoms with E-state index in [0.717, 1.165) is 21.4 Å². The van der Waals surface area contributed by atoms with Gasteiger partial charge < -0.3 is 15.0 Å². The third-order valence-electron chi connectivity index (χ3n) is 4.43. The van der Waals surface area contributed by atoms with E-state index >= 15 is 0 Å². The van der Waals surface area contributed by atoms with Crippen LogP contribution in [0.1, 0.15) is 5.56 Å². The summed E-state index contributed by atoms with van der Waals surface area (Å²) in [5, 5.41) is 4.50. The summed E-state index contributed by atoms with van der Waals surface area (Å²) in [4.78, 5) is 27.8. The number of methoxy groups -OCH3 is 1. The van der Waals surface area contributed by atoms with Crippen LogP contribution in [0.4, 0.5) is 10.8 Å². The number of thiazole rings is 1. The van der Waals surface area contributed by atoms with Crippen LogP contribution < -0.4 is 15.0 Å². The molecule has 158 valence electrons. The molecule has 0 unspecified atom stereocenters. The summed E-state index contributed by atoms with van der Waals surface area (Å²) in [7, 11) is 3.60. The van der Waals surface area contributed by atoms with E-state index < -0.39 is 0 Å². The summed E-state index contributed by atoms with van der Waals surface area (Å²) in [5.74, 6) is 0.812. The van der Waals surface area contributed by atoms with E-state index in [9.17, 15) is 4.79 Å². The SMILES string of the molecule is COc1cccc(NC(=O)CSc2ncnc3nc(N(C)Cc4ccccc4)sc23)c1. The molecular formula is C22H21N5O2S2. The zero-order chi connectivity index (χ0) is 21.6. The van der Waals surface area contributed by atoms with Gasteiger partial charge in [0.2, 0.25) is 5.91 Å². The van der Waals surface area contributed by atoms with Crippen molar-refractivity contribution in [2.24, 2.45) is 0 Å². The molecule has 0 aliphatic heterocycles. The van der Waals surface area contributed by atoms with Crippen LogP contribution in [0.5, 0.6) is 5.75 Å². The van der Waals surface area contributed by atoms with Crippen LogP contribution in [0.3, 0.4) is 0 Å². The molecule has 1 N–H and O–H groups in total. The zero-order valence-electron chi connectivity index (χ0n) is 17.1. The summed E-state index contributed by atoms with van der Waals surface area (Å²) < 4.78 is 6.08. The molecule has 9 heteroatoms. The number of hydrogen-bond donors (Lipinski definition) is 1. The number of amides is 1. The lowest BCUT2D eigenvalue weighted by atomic mass is 10.2. The highest BCUT2D eigenvalue weighted by Crippen LogP contribution is 2.33. The molecule has 0 aliphatic rings. The third kappa shape index (κ3) is 5.31. The Bertz CT molecular complexity index is 1180. The maximum atomic E-state index is 12.4. The van der Waals surface area contributed by atoms with Gasteiger partial charge in [-0.1, -0.05) is 59.5 Å². The normalized spacial score (nSPS) is 10.8. The van der Waals surface area contributed by atoms with E-state index in [1.54, 1.807) is 13.2 Å². The maximum absolute atomic E-state index is 12.4. The molecule has 0 aliphatic carbocycles. The first-order valence-corrected chi connectivity index (χ1v) is 11.4. The van der Waals surface area contributed by atoms with Gasteiger partial charge in [0.1, 0.15) is 21.8 Å². The molecule has 31 heavy (non-hydrogen) atoms. The first-order chi connectivity index (χ1) is 15.1. The van der Waals surface area contributed by atoms with Crippen LogP contribution in [0.25, 0.3) is 10.3 Å². The van der Waals surface area contributed by atoms with Gasteiger partial charge in [-0.2, -0.15) is 4.98 Å². The Kier molecular flexibility index (Phi) is 6.63. The number of fused-ring (bicyclic) bond motifs is 1. The van der Waals surface area contributed by atoms with E-state index in [0.29, 0.717) is 17.1 Å². The first-order valence-electron chi connectivity index (χ1n) is 9.55. The fourth-order valence-corrected chi connectivity index (χ4v) is 4.80. The summed E-state index contributed by atoms with van der Waals surface area (Å²) in [6.07, 6.45) is 1.49. The standard InChI is InChI=1S/C22H21N5O2S2/c1-27(12-15-7-4-3-5-8-15)22-26-20-19(31-22)21(24-14-23-20)30-13-18(28)25-16-9-6-10-17(11-16)29-2/h3-11,14H,12-13H2,1-2H3,(H,25,28). The zero-order valence-corrected chi connectivity index (χ0v) is 18.7. The van der Waals surface area contributed by atoms with Crippen LogP contribution >= 0.6 is 23.1 Å². The number of rotatable bonds is 8. The number of carbonyl (C=O) groups is 1. The van der Waals surface area contributed by atoms with Crippen LogP contribution in [0, 0.1) is 0 Å². The van der Waals surface area contributed by atoms with Gasteiger partial charge in [-0.3, -0.25) is 4.79 Å². The minimum Gasteiger partial charge on any atom is -0.497 e. The molecule has 2 heterocycles. The van der Waals surface area contributed by atoms with Gasteiger partial charge in [0.05, 0.1) is 12.9 Å². The number of ether oxygens (including phenoxy) is 1. The topological polar surface area (TPSA) is 80.2 Å². The molecule has 2 aromatic carbocycles. The third-order valence-corrected chi connectivity index (χ3v) is 6.71. The van der Waals surface area contributed by atoms with Crippen molar-refractivity contribution >= 4 is 50.2 Å². The average molecular weight is 452 g/mol. The largest absolute Gasteiger partial charge is 0.497 e. The summed E-state index contributed by atoms with van der Waals surface area (Å²) in [5.41, 5.74) is 2.55. The van der Waals surface area contributed by atoms with Gasteiger partial charge in [-0.25, -0.2) is 9.97 Å². The minimum atomic E-state index is -0.115. The lowest BCUT2D eigenvalue weighted by Gasteiger charge is -2.15. The summed E-state index contributed by atoms with van der Waals surface area (Å²) in [6, 6.07) is 17.5. The van der Waals surface area contributed by atoms with E-state index in [1.807, 2.05) is 43.4 Å². The number of thioether (sulfide) groups is 1. The lowest BCUT2D eigenvalue weighted by Crippen LogP contribution is -2.15. The Morgan fingerprint density at radius 3 is 2.81 bits per heavy atom. The molecule has 0 bridgehead atoms. The van der Waals surface area contributed by atoms with Gasteiger partial charge in [0.15, 0.2) is 10.8 Å². The number of aromatic nitrogens is 3. The van der Waals surface area contributed by atoms with E-state index in [1.165, 1.54) is 35.0 Å². The monoisotopic (exact) mass is 451 g/mol. The van der Waals surface area contributed by atoms with Crippen LogP contribution in [-0.2, 0) is 11.3 Å². The molecule has 1 amide bonds. The summed E-state index contributed by atoms with van der Waals surface area (Å²) in [6.45, 7) is 0.750. The van der Waals surface area contributed by atoms with Crippen molar-refractivity contribution in [3.8, 4) is 5.75 Å². The van der Waals surface area contributed by atoms with Crippen LogP contribution in [0.15, 0.2) is 66.0 Å². The summed E-state index contributed by atoms with van der Waals surface area (Å²) >= 11 is 2.91. The Morgan fingerprint density at radius 2 is 2.00 bits per heavy atom. The number of nitrogens with one attached hydrogen (secondary N) is 1. The Balaban J connectivity index is 1.43. The predicted molar refractivity (Wildman–Crippen MR) is 126 cm³/mol. The molecule has 0 saturated carbocycles. The molecule has 4 rings (SSSR count). The van der Waals surface area contributed by atoms with Crippen molar-refractivity contribution in [3.05, 3.63) is 66.5 Å². The second-order valence-electron chi connectivity index (χ2n) is 6.74. The van der Waals surface area contributed by atoms with Gasteiger partial charge >= 0.3 is 0 Å². The second-order valence-corrected chi connectivity index (χ2v) is 8.68. The first kappa shape index (κ1) is 21.1. The molecule has 0 spiro atoms. The second kappa shape index (κ2) is 9.76. The smallest absolute Gasteiger partial charge is 0.234 e. The number of hydrogen-bond acceptors (Lipinski definition) is 8. The van der Waals surface area contributed by atoms with Crippen molar-refractivity contribution in [1.82, 2.24) is 15.0 Å². The number of carbonyl (C=O) groups excluding carboxylic acids is 1. The molecule has 4 aromatic rings. The van der Waals surface area contributed by atoms with Crippen molar-refractivity contribution in [2.75, 3.05) is 30.1 Å². The maximum Gasteiger partial charge on any atom is 0.234 e. The van der Waals surface area contributed by atoms with Gasteiger partial charge in [-0.15, -0.1) is 0 Å². The molecule has 2 aromatic heterocycles. The highest BCUT2D eigenvalue weighted by Gasteiger charge is 2.15. The molecule has 0 radical (unpaired) electrons. The highest BCUT2D eigenvalue weighted by molar-refractivity contribution is 8.00. The van der Waals surface area contributed by atoms with Crippen LogP contribution in [-0.4, -0.2) is 40.8 Å². The highest BCUT2D eigenvalue weighted by atomic mass is 32.2. The molecule has 0 saturated heterocycles. The molecule has 0 atom stereocenters. The van der Waals surface area contributed by atoms with Crippen molar-refractivity contribution in [1.29, 1.82) is 0 Å². The molecule has 7 nitrogen and oxygen atoms in total. The number of anilines is 2. The lowest BCUT2D eigenvalue weighted by molar-refractivity contribution is -0.113. The minimum absolute atomic E-state index is 0.115. The predicted octanol–water partition coefficient (Wildman–Crippen LogP) is 4.46. The number of nitrogens with zero attached hydrogens (tertiary/aromatic N) is 4. The van der Waals surface area contributed by atoms with E-state index in [2.05, 4.69) is 37.3 Å². The van der Waals surface area contributed by atoms with Crippen molar-refractivity contribution in [3.63, 3.8) is 0 Å². The van der Waals surface area contributed by atoms with Crippen molar-refractivity contribution in [2.45, 2.75) is 11.6 Å². The Morgan fingerprint density at radius 1 is 1.16 bits per heavy atom. The fraction of sp³-hybridized carbons (Fsp3) is 0.182. The fourth-order valence-electron chi connectivity index (χ4n) is 2.95. The van der Waals surface area contributed by atoms with Gasteiger partial charge in [-0.05, 0) is 17.7 Å². The Hall–Kier alpha value is -3.17. The number of benzene rings is 2.